The van der Waals surface area contributed by atoms with Crippen LogP contribution in [0.15, 0.2) is 36.7 Å². The van der Waals surface area contributed by atoms with Gasteiger partial charge in [0.2, 0.25) is 11.8 Å². The maximum atomic E-state index is 13.4. The number of aromatic nitrogens is 4. The zero-order valence-corrected chi connectivity index (χ0v) is 21.6. The number of carboxylic acids is 1. The molecule has 3 heterocycles. The average Bonchev–Trinajstić information content (AvgIpc) is 3.69. The van der Waals surface area contributed by atoms with Crippen LogP contribution in [-0.4, -0.2) is 70.5 Å². The van der Waals surface area contributed by atoms with Crippen molar-refractivity contribution in [2.24, 2.45) is 11.8 Å². The number of hydrogen-bond acceptors (Lipinski definition) is 7. The van der Waals surface area contributed by atoms with E-state index in [1.54, 1.807) is 41.6 Å². The Labute approximate surface area is 227 Å². The molecule has 2 amide bonds. The number of likely N-dealkylation sites (tertiary alicyclic amines) is 1. The molecular weight excluding hydrogens is 535 g/mol. The lowest BCUT2D eigenvalue weighted by Gasteiger charge is -2.27. The van der Waals surface area contributed by atoms with Gasteiger partial charge in [-0.25, -0.2) is 14.8 Å². The molecule has 0 spiro atoms. The van der Waals surface area contributed by atoms with Gasteiger partial charge in [0, 0.05) is 36.3 Å². The lowest BCUT2D eigenvalue weighted by Crippen LogP contribution is -2.49. The summed E-state index contributed by atoms with van der Waals surface area (Å²) < 4.78 is 6.32. The number of alkyl halides is 2. The molecule has 1 aromatic carbocycles. The number of fused-ring (bicyclic) bond motifs is 2. The zero-order valence-electron chi connectivity index (χ0n) is 20.1. The number of nitrogens with zero attached hydrogens (tertiary/aromatic N) is 5. The number of halogens is 2. The Morgan fingerprint density at radius 1 is 1.18 bits per heavy atom. The van der Waals surface area contributed by atoms with Crippen LogP contribution in [0.1, 0.15) is 35.6 Å². The molecule has 0 radical (unpaired) electrons. The summed E-state index contributed by atoms with van der Waals surface area (Å²) in [6.07, 6.45) is 5.30. The fourth-order valence-corrected chi connectivity index (χ4v) is 5.70. The highest BCUT2D eigenvalue weighted by atomic mass is 35.5. The van der Waals surface area contributed by atoms with Gasteiger partial charge in [0.05, 0.1) is 5.52 Å². The van der Waals surface area contributed by atoms with Gasteiger partial charge in [0.25, 0.3) is 0 Å². The third-order valence-electron chi connectivity index (χ3n) is 7.37. The van der Waals surface area contributed by atoms with Gasteiger partial charge in [-0.15, -0.1) is 23.2 Å². The lowest BCUT2D eigenvalue weighted by atomic mass is 10.1. The van der Waals surface area contributed by atoms with Crippen LogP contribution >= 0.6 is 23.2 Å². The molecule has 1 aliphatic heterocycles. The fraction of sp³-hybridized carbons (Fsp3) is 0.440. The van der Waals surface area contributed by atoms with Crippen molar-refractivity contribution in [2.45, 2.75) is 48.8 Å². The molecule has 3 aromatic rings. The van der Waals surface area contributed by atoms with E-state index >= 15 is 0 Å². The Balaban J connectivity index is 1.18. The Hall–Kier alpha value is -3.44. The highest BCUT2D eigenvalue weighted by Crippen LogP contribution is 2.53. The second kappa shape index (κ2) is 9.39. The quantitative estimate of drug-likeness (QED) is 0.381. The van der Waals surface area contributed by atoms with E-state index in [1.807, 2.05) is 0 Å². The van der Waals surface area contributed by atoms with E-state index in [0.717, 1.165) is 6.42 Å². The van der Waals surface area contributed by atoms with Crippen molar-refractivity contribution in [3.63, 3.8) is 0 Å². The van der Waals surface area contributed by atoms with Gasteiger partial charge in [-0.3, -0.25) is 14.3 Å². The largest absolute Gasteiger partial charge is 0.486 e. The van der Waals surface area contributed by atoms with E-state index in [9.17, 15) is 19.5 Å². The molecule has 11 nitrogen and oxygen atoms in total. The summed E-state index contributed by atoms with van der Waals surface area (Å²) in [5, 5.41) is 17.2. The molecular formula is C25H24Cl2N6O5. The molecule has 3 fully saturated rings. The van der Waals surface area contributed by atoms with E-state index < -0.39 is 16.3 Å². The predicted molar refractivity (Wildman–Crippen MR) is 136 cm³/mol. The SMILES string of the molecule is O=C(O)c1nn(CC(=O)N2[C@@H]3C[C@@H]3C[C@H]2C(=O)NC[C@H]2CC2(Cl)Cl)c2ccc(OCc3ncccn3)cc12. The Morgan fingerprint density at radius 3 is 2.66 bits per heavy atom. The second-order valence-electron chi connectivity index (χ2n) is 9.97. The minimum Gasteiger partial charge on any atom is -0.486 e. The fourth-order valence-electron chi connectivity index (χ4n) is 5.17. The smallest absolute Gasteiger partial charge is 0.357 e. The van der Waals surface area contributed by atoms with Crippen molar-refractivity contribution in [1.82, 2.24) is 30.0 Å². The molecule has 2 saturated carbocycles. The molecule has 6 rings (SSSR count). The summed E-state index contributed by atoms with van der Waals surface area (Å²) in [6.45, 7) is 0.288. The third-order valence-corrected chi connectivity index (χ3v) is 8.30. The first-order valence-corrected chi connectivity index (χ1v) is 13.1. The van der Waals surface area contributed by atoms with E-state index in [4.69, 9.17) is 27.9 Å². The van der Waals surface area contributed by atoms with Gasteiger partial charge in [-0.2, -0.15) is 5.10 Å². The molecule has 3 aliphatic rings. The number of carbonyl (C=O) groups excluding carboxylic acids is 2. The van der Waals surface area contributed by atoms with Crippen LogP contribution in [0.5, 0.6) is 5.75 Å². The highest BCUT2D eigenvalue weighted by molar-refractivity contribution is 6.50. The first kappa shape index (κ1) is 24.9. The molecule has 0 unspecified atom stereocenters. The number of hydrogen-bond donors (Lipinski definition) is 2. The first-order chi connectivity index (χ1) is 18.2. The van der Waals surface area contributed by atoms with Crippen LogP contribution in [-0.2, 0) is 22.7 Å². The Bertz CT molecular complexity index is 1430. The summed E-state index contributed by atoms with van der Waals surface area (Å²) in [5.41, 5.74) is 0.283. The van der Waals surface area contributed by atoms with E-state index in [-0.39, 0.29) is 42.6 Å². The first-order valence-electron chi connectivity index (χ1n) is 12.3. The number of piperidine rings is 1. The summed E-state index contributed by atoms with van der Waals surface area (Å²) in [5.74, 6) is -0.515. The summed E-state index contributed by atoms with van der Waals surface area (Å²) in [4.78, 5) is 48.1. The average molecular weight is 559 g/mol. The topological polar surface area (TPSA) is 140 Å². The van der Waals surface area contributed by atoms with E-state index in [1.165, 1.54) is 4.68 Å². The molecule has 38 heavy (non-hydrogen) atoms. The standard InChI is InChI=1S/C25H24Cl2N6O5/c26-25(27)9-14(25)10-30-23(35)19-7-13-6-18(13)33(19)21(34)11-32-17-3-2-15(8-16(17)22(31-32)24(36)37)38-12-20-28-4-1-5-29-20/h1-5,8,13-14,18-19H,6-7,9-12H2,(H,30,35)(H,36,37)/t13-,14-,18-,19+/m1/s1. The number of amides is 2. The molecule has 198 valence electrons. The van der Waals surface area contributed by atoms with Gasteiger partial charge in [-0.05, 0) is 49.4 Å². The molecule has 2 aliphatic carbocycles. The van der Waals surface area contributed by atoms with Crippen molar-refractivity contribution in [1.29, 1.82) is 0 Å². The van der Waals surface area contributed by atoms with Gasteiger partial charge < -0.3 is 20.1 Å². The zero-order chi connectivity index (χ0) is 26.6. The normalized spacial score (nSPS) is 24.6. The summed E-state index contributed by atoms with van der Waals surface area (Å²) in [7, 11) is 0. The number of benzene rings is 1. The molecule has 0 bridgehead atoms. The van der Waals surface area contributed by atoms with Crippen molar-refractivity contribution >= 4 is 51.9 Å². The molecule has 1 saturated heterocycles. The Kier molecular flexibility index (Phi) is 6.14. The van der Waals surface area contributed by atoms with Crippen LogP contribution in [0.25, 0.3) is 10.9 Å². The highest BCUT2D eigenvalue weighted by Gasteiger charge is 2.56. The number of aromatic carboxylic acids is 1. The number of nitrogens with one attached hydrogen (secondary N) is 1. The number of ether oxygens (including phenoxy) is 1. The van der Waals surface area contributed by atoms with Gasteiger partial charge in [0.1, 0.15) is 29.3 Å². The van der Waals surface area contributed by atoms with Crippen LogP contribution in [0, 0.1) is 11.8 Å². The van der Waals surface area contributed by atoms with Crippen molar-refractivity contribution in [3.8, 4) is 5.75 Å². The minimum absolute atomic E-state index is 0.00819. The van der Waals surface area contributed by atoms with Crippen LogP contribution in [0.3, 0.4) is 0 Å². The van der Waals surface area contributed by atoms with Crippen LogP contribution < -0.4 is 10.1 Å². The number of carboxylic acid groups (broad SMARTS) is 1. The number of carbonyl (C=O) groups is 3. The number of rotatable bonds is 9. The van der Waals surface area contributed by atoms with Gasteiger partial charge >= 0.3 is 5.97 Å². The van der Waals surface area contributed by atoms with Gasteiger partial charge in [-0.1, -0.05) is 0 Å². The van der Waals surface area contributed by atoms with Crippen LogP contribution in [0.2, 0.25) is 0 Å². The maximum Gasteiger partial charge on any atom is 0.357 e. The monoisotopic (exact) mass is 558 g/mol. The van der Waals surface area contributed by atoms with Crippen molar-refractivity contribution < 1.29 is 24.2 Å². The third kappa shape index (κ3) is 4.76. The van der Waals surface area contributed by atoms with E-state index in [0.29, 0.717) is 47.8 Å². The lowest BCUT2D eigenvalue weighted by molar-refractivity contribution is -0.140. The molecule has 2 aromatic heterocycles. The summed E-state index contributed by atoms with van der Waals surface area (Å²) in [6, 6.07) is 6.05. The Morgan fingerprint density at radius 2 is 1.95 bits per heavy atom. The summed E-state index contributed by atoms with van der Waals surface area (Å²) >= 11 is 12.1. The second-order valence-corrected chi connectivity index (χ2v) is 11.5. The molecule has 4 atom stereocenters. The van der Waals surface area contributed by atoms with E-state index in [2.05, 4.69) is 20.4 Å². The van der Waals surface area contributed by atoms with Crippen LogP contribution in [0.4, 0.5) is 0 Å². The van der Waals surface area contributed by atoms with Gasteiger partial charge in [0.15, 0.2) is 11.5 Å². The van der Waals surface area contributed by atoms with Crippen molar-refractivity contribution in [3.05, 3.63) is 48.2 Å². The minimum atomic E-state index is -1.22. The molecule has 13 heteroatoms. The van der Waals surface area contributed by atoms with Crippen molar-refractivity contribution in [2.75, 3.05) is 6.54 Å². The maximum absolute atomic E-state index is 13.4. The predicted octanol–water partition coefficient (Wildman–Crippen LogP) is 2.40. The molecule has 2 N–H and O–H groups in total.